The molecule has 8 aromatic carbocycles. The zero-order valence-electron chi connectivity index (χ0n) is 29.6. The molecule has 254 valence electrons. The van der Waals surface area contributed by atoms with Gasteiger partial charge in [0.2, 0.25) is 0 Å². The third-order valence-electron chi connectivity index (χ3n) is 11.1. The van der Waals surface area contributed by atoms with Crippen LogP contribution in [0.5, 0.6) is 0 Å². The van der Waals surface area contributed by atoms with Crippen LogP contribution in [0.4, 0.5) is 0 Å². The summed E-state index contributed by atoms with van der Waals surface area (Å²) >= 11 is 0. The van der Waals surface area contributed by atoms with Gasteiger partial charge in [-0.25, -0.2) is 4.98 Å². The Bertz CT molecular complexity index is 3400. The molecule has 0 atom stereocenters. The normalized spacial score (nSPS) is 11.6. The lowest BCUT2D eigenvalue weighted by Crippen LogP contribution is -1.97. The second-order valence-corrected chi connectivity index (χ2v) is 14.1. The number of hydrogen-bond acceptors (Lipinski definition) is 3. The predicted molar refractivity (Wildman–Crippen MR) is 227 cm³/mol. The largest absolute Gasteiger partial charge is 0.307 e. The van der Waals surface area contributed by atoms with Crippen molar-refractivity contribution in [2.75, 3.05) is 0 Å². The number of hydrogen-bond donors (Lipinski definition) is 0. The first-order valence-corrected chi connectivity index (χ1v) is 18.5. The van der Waals surface area contributed by atoms with E-state index in [-0.39, 0.29) is 0 Å². The van der Waals surface area contributed by atoms with Gasteiger partial charge in [0.05, 0.1) is 45.1 Å². The van der Waals surface area contributed by atoms with Crippen LogP contribution in [-0.4, -0.2) is 14.5 Å². The Balaban J connectivity index is 1.11. The highest BCUT2D eigenvalue weighted by atomic mass is 15.0. The van der Waals surface area contributed by atoms with E-state index in [4.69, 9.17) is 9.97 Å². The number of rotatable bonds is 4. The molecule has 0 spiro atoms. The van der Waals surface area contributed by atoms with Gasteiger partial charge in [-0.3, -0.25) is 4.98 Å². The molecule has 55 heavy (non-hydrogen) atoms. The van der Waals surface area contributed by atoms with Gasteiger partial charge in [0, 0.05) is 33.3 Å². The second kappa shape index (κ2) is 12.2. The number of nitriles is 1. The van der Waals surface area contributed by atoms with Gasteiger partial charge in [-0.1, -0.05) is 133 Å². The van der Waals surface area contributed by atoms with Crippen LogP contribution < -0.4 is 0 Å². The maximum atomic E-state index is 9.89. The summed E-state index contributed by atoms with van der Waals surface area (Å²) in [5.41, 5.74) is 12.3. The fraction of sp³-hybridized carbons (Fsp3) is 0. The van der Waals surface area contributed by atoms with Gasteiger partial charge >= 0.3 is 0 Å². The summed E-state index contributed by atoms with van der Waals surface area (Å²) in [5, 5.41) is 19.1. The molecule has 0 bridgehead atoms. The minimum Gasteiger partial charge on any atom is -0.307 e. The zero-order chi connectivity index (χ0) is 36.5. The molecule has 0 saturated heterocycles. The van der Waals surface area contributed by atoms with Crippen LogP contribution in [0.25, 0.3) is 104 Å². The first-order valence-electron chi connectivity index (χ1n) is 18.5. The first kappa shape index (κ1) is 31.0. The topological polar surface area (TPSA) is 54.5 Å². The summed E-state index contributed by atoms with van der Waals surface area (Å²) < 4.78 is 2.28. The third kappa shape index (κ3) is 4.84. The monoisotopic (exact) mass is 698 g/mol. The summed E-state index contributed by atoms with van der Waals surface area (Å²) in [7, 11) is 0. The van der Waals surface area contributed by atoms with Crippen molar-refractivity contribution in [1.29, 1.82) is 5.26 Å². The second-order valence-electron chi connectivity index (χ2n) is 14.1. The van der Waals surface area contributed by atoms with Crippen molar-refractivity contribution in [3.63, 3.8) is 0 Å². The average Bonchev–Trinajstić information content (AvgIpc) is 3.58. The molecule has 4 heteroatoms. The van der Waals surface area contributed by atoms with E-state index in [0.717, 1.165) is 71.7 Å². The van der Waals surface area contributed by atoms with E-state index >= 15 is 0 Å². The summed E-state index contributed by atoms with van der Waals surface area (Å²) in [5.74, 6) is 0. The maximum Gasteiger partial charge on any atom is 0.0992 e. The van der Waals surface area contributed by atoms with Crippen molar-refractivity contribution in [3.8, 4) is 45.3 Å². The van der Waals surface area contributed by atoms with Crippen LogP contribution >= 0.6 is 0 Å². The van der Waals surface area contributed by atoms with Crippen molar-refractivity contribution in [1.82, 2.24) is 14.5 Å². The number of pyridine rings is 2. The molecule has 0 fully saturated rings. The summed E-state index contributed by atoms with van der Waals surface area (Å²) in [6, 6.07) is 64.4. The minimum absolute atomic E-state index is 0.626. The Morgan fingerprint density at radius 2 is 1.07 bits per heavy atom. The molecular weight excluding hydrogens is 669 g/mol. The average molecular weight is 699 g/mol. The number of fused-ring (bicyclic) bond motifs is 7. The van der Waals surface area contributed by atoms with Crippen molar-refractivity contribution >= 4 is 65.2 Å². The highest BCUT2D eigenvalue weighted by molar-refractivity contribution is 6.14. The molecule has 0 N–H and O–H groups in total. The van der Waals surface area contributed by atoms with Gasteiger partial charge in [-0.2, -0.15) is 5.26 Å². The van der Waals surface area contributed by atoms with Crippen LogP contribution in [0.1, 0.15) is 5.56 Å². The highest BCUT2D eigenvalue weighted by Gasteiger charge is 2.19. The molecule has 11 rings (SSSR count). The maximum absolute atomic E-state index is 9.89. The molecular formula is C51H30N4. The molecule has 0 saturated carbocycles. The molecule has 0 unspecified atom stereocenters. The molecule has 0 aliphatic rings. The fourth-order valence-electron chi connectivity index (χ4n) is 8.54. The van der Waals surface area contributed by atoms with Crippen molar-refractivity contribution in [2.45, 2.75) is 0 Å². The summed E-state index contributed by atoms with van der Waals surface area (Å²) in [6.45, 7) is 0. The third-order valence-corrected chi connectivity index (χ3v) is 11.1. The van der Waals surface area contributed by atoms with E-state index in [1.807, 2.05) is 30.5 Å². The molecule has 0 aliphatic carbocycles. The zero-order valence-corrected chi connectivity index (χ0v) is 29.6. The Hall–Kier alpha value is -7.61. The van der Waals surface area contributed by atoms with E-state index in [0.29, 0.717) is 5.56 Å². The lowest BCUT2D eigenvalue weighted by molar-refractivity contribution is 1.18. The number of nitrogens with zero attached hydrogens (tertiary/aromatic N) is 4. The summed E-state index contributed by atoms with van der Waals surface area (Å²) in [6.07, 6.45) is 1.84. The number of benzene rings is 8. The molecule has 3 aromatic heterocycles. The summed E-state index contributed by atoms with van der Waals surface area (Å²) in [4.78, 5) is 9.88. The smallest absolute Gasteiger partial charge is 0.0992 e. The number of aromatic nitrogens is 3. The molecule has 0 amide bonds. The van der Waals surface area contributed by atoms with E-state index < -0.39 is 0 Å². The van der Waals surface area contributed by atoms with E-state index in [1.54, 1.807) is 0 Å². The quantitative estimate of drug-likeness (QED) is 0.184. The van der Waals surface area contributed by atoms with Crippen LogP contribution in [0, 0.1) is 11.3 Å². The molecule has 0 radical (unpaired) electrons. The Morgan fingerprint density at radius 1 is 0.455 bits per heavy atom. The van der Waals surface area contributed by atoms with Crippen molar-refractivity contribution < 1.29 is 0 Å². The van der Waals surface area contributed by atoms with Crippen LogP contribution in [-0.2, 0) is 0 Å². The Kier molecular flexibility index (Phi) is 6.89. The van der Waals surface area contributed by atoms with E-state index in [2.05, 4.69) is 162 Å². The lowest BCUT2D eigenvalue weighted by Gasteiger charge is -2.16. The first-order chi connectivity index (χ1) is 27.2. The lowest BCUT2D eigenvalue weighted by atomic mass is 9.88. The van der Waals surface area contributed by atoms with Gasteiger partial charge in [0.15, 0.2) is 0 Å². The SMILES string of the molecule is N#Cc1ccc2c3ccc(-c4ccc(-c5ccc(-c6ccc7ccccc7n6)c6ccccc56)c5ccccc45)cc3n(-c3cccc4cccnc34)c2c1. The van der Waals surface area contributed by atoms with Gasteiger partial charge in [-0.05, 0) is 86.3 Å². The predicted octanol–water partition coefficient (Wildman–Crippen LogP) is 13.1. The van der Waals surface area contributed by atoms with Crippen LogP contribution in [0.15, 0.2) is 182 Å². The van der Waals surface area contributed by atoms with Crippen LogP contribution in [0.3, 0.4) is 0 Å². The molecule has 0 aliphatic heterocycles. The van der Waals surface area contributed by atoms with E-state index in [9.17, 15) is 5.26 Å². The Labute approximate surface area is 316 Å². The van der Waals surface area contributed by atoms with Crippen molar-refractivity contribution in [2.24, 2.45) is 0 Å². The molecule has 4 nitrogen and oxygen atoms in total. The Morgan fingerprint density at radius 3 is 1.85 bits per heavy atom. The van der Waals surface area contributed by atoms with E-state index in [1.165, 1.54) is 32.7 Å². The highest BCUT2D eigenvalue weighted by Crippen LogP contribution is 2.42. The molecule has 3 heterocycles. The fourth-order valence-corrected chi connectivity index (χ4v) is 8.54. The van der Waals surface area contributed by atoms with Crippen molar-refractivity contribution in [3.05, 3.63) is 188 Å². The minimum atomic E-state index is 0.626. The van der Waals surface area contributed by atoms with Gasteiger partial charge in [0.1, 0.15) is 0 Å². The standard InChI is InChI=1S/C51H30N4/c52-31-32-18-21-44-45-22-19-35(30-50(45)55(49(44)29-32)48-17-7-10-34-11-8-28-53-51(34)48)36-23-24-41(38-13-3-2-12-37(36)38)42-25-26-43(40-15-5-4-14-39(40)42)47-27-20-33-9-1-6-16-46(33)54-47/h1-30H. The van der Waals surface area contributed by atoms with Gasteiger partial charge in [-0.15, -0.1) is 0 Å². The number of para-hydroxylation sites is 2. The van der Waals surface area contributed by atoms with Gasteiger partial charge < -0.3 is 4.57 Å². The van der Waals surface area contributed by atoms with Crippen LogP contribution in [0.2, 0.25) is 0 Å². The van der Waals surface area contributed by atoms with Gasteiger partial charge in [0.25, 0.3) is 0 Å². The molecule has 11 aromatic rings.